The highest BCUT2D eigenvalue weighted by Crippen LogP contribution is 2.60. The standard InChI is InChI=1S/C41H37N3O7/c1-23(2)33-38-43-35(39(47)48-3)36(51-38)41-29-16-10-15-28(26-13-8-5-9-14-26)34(29)44-40(41)50-31-18-17-25(20-30(31)41)19-27(37(46)42-33)21-32(45)49-22-24-11-6-4-7-12-24/h4-18,20,23,27,33,40,44H,19,21-22H2,1-3H3,(H,42,46)/t27?,33-,40-,41?/m0/s1. The van der Waals surface area contributed by atoms with Crippen LogP contribution in [0.2, 0.25) is 0 Å². The summed E-state index contributed by atoms with van der Waals surface area (Å²) >= 11 is 0. The highest BCUT2D eigenvalue weighted by atomic mass is 16.5. The average molecular weight is 684 g/mol. The Hall–Kier alpha value is -5.90. The number of fused-ring (bicyclic) bond motifs is 4. The lowest BCUT2D eigenvalue weighted by atomic mass is 9.72. The van der Waals surface area contributed by atoms with E-state index in [1.165, 1.54) is 7.11 Å². The molecule has 4 atom stereocenters. The number of carbonyl (C=O) groups is 3. The van der Waals surface area contributed by atoms with E-state index >= 15 is 0 Å². The number of ether oxygens (including phenoxy) is 3. The molecular formula is C41H37N3O7. The Morgan fingerprint density at radius 1 is 0.941 bits per heavy atom. The van der Waals surface area contributed by atoms with Gasteiger partial charge < -0.3 is 29.3 Å². The molecule has 1 aromatic heterocycles. The molecule has 5 aromatic rings. The van der Waals surface area contributed by atoms with E-state index in [2.05, 4.69) is 10.6 Å². The van der Waals surface area contributed by atoms with Gasteiger partial charge in [0.05, 0.1) is 19.4 Å². The quantitative estimate of drug-likeness (QED) is 0.180. The SMILES string of the molecule is COC(=O)c1nc2oc1C13c4cc(ccc4O[C@@H]1Nc1c(-c4ccccc4)cccc13)CC(CC(=O)OCc1ccccc1)C(=O)N[C@H]2C(C)C. The van der Waals surface area contributed by atoms with E-state index in [-0.39, 0.29) is 48.6 Å². The normalized spacial score (nSPS) is 21.3. The lowest BCUT2D eigenvalue weighted by Crippen LogP contribution is -2.41. The minimum Gasteiger partial charge on any atom is -0.469 e. The Labute approximate surface area is 295 Å². The van der Waals surface area contributed by atoms with Gasteiger partial charge in [0, 0.05) is 22.4 Å². The second-order valence-corrected chi connectivity index (χ2v) is 13.6. The number of carbonyl (C=O) groups excluding carboxylic acids is 3. The smallest absolute Gasteiger partial charge is 0.360 e. The Balaban J connectivity index is 1.29. The molecule has 0 aliphatic carbocycles. The summed E-state index contributed by atoms with van der Waals surface area (Å²) in [6, 6.07) is 30.5. The van der Waals surface area contributed by atoms with E-state index in [1.54, 1.807) is 0 Å². The molecule has 10 nitrogen and oxygen atoms in total. The van der Waals surface area contributed by atoms with E-state index in [9.17, 15) is 14.4 Å². The molecule has 1 amide bonds. The summed E-state index contributed by atoms with van der Waals surface area (Å²) in [5.41, 5.74) is 4.92. The van der Waals surface area contributed by atoms with Gasteiger partial charge in [-0.2, -0.15) is 0 Å². The van der Waals surface area contributed by atoms with E-state index in [0.29, 0.717) is 5.75 Å². The summed E-state index contributed by atoms with van der Waals surface area (Å²) in [7, 11) is 1.30. The third-order valence-electron chi connectivity index (χ3n) is 10.1. The van der Waals surface area contributed by atoms with Gasteiger partial charge in [-0.1, -0.05) is 105 Å². The molecule has 0 radical (unpaired) electrons. The second-order valence-electron chi connectivity index (χ2n) is 13.6. The molecule has 258 valence electrons. The van der Waals surface area contributed by atoms with Crippen molar-refractivity contribution in [3.63, 3.8) is 0 Å². The maximum absolute atomic E-state index is 14.1. The van der Waals surface area contributed by atoms with Crippen LogP contribution < -0.4 is 15.4 Å². The number of hydrogen-bond acceptors (Lipinski definition) is 9. The first kappa shape index (κ1) is 32.3. The molecule has 8 rings (SSSR count). The molecule has 3 aliphatic heterocycles. The molecule has 0 saturated carbocycles. The number of methoxy groups -OCH3 is 1. The monoisotopic (exact) mass is 683 g/mol. The van der Waals surface area contributed by atoms with Crippen molar-refractivity contribution < 1.29 is 33.0 Å². The molecule has 0 fully saturated rings. The number of esters is 2. The predicted molar refractivity (Wildman–Crippen MR) is 188 cm³/mol. The first-order chi connectivity index (χ1) is 24.8. The molecule has 2 unspecified atom stereocenters. The van der Waals surface area contributed by atoms with Gasteiger partial charge in [0.15, 0.2) is 17.7 Å². The molecule has 3 aliphatic rings. The Bertz CT molecular complexity index is 2150. The van der Waals surface area contributed by atoms with Gasteiger partial charge >= 0.3 is 11.9 Å². The number of nitrogens with one attached hydrogen (secondary N) is 2. The van der Waals surface area contributed by atoms with Crippen molar-refractivity contribution in [3.05, 3.63) is 137 Å². The number of anilines is 1. The lowest BCUT2D eigenvalue weighted by molar-refractivity contribution is -0.148. The molecular weight excluding hydrogens is 646 g/mol. The van der Waals surface area contributed by atoms with Crippen molar-refractivity contribution in [2.75, 3.05) is 12.4 Å². The maximum Gasteiger partial charge on any atom is 0.360 e. The van der Waals surface area contributed by atoms with Crippen LogP contribution in [0.25, 0.3) is 11.1 Å². The zero-order valence-corrected chi connectivity index (χ0v) is 28.5. The summed E-state index contributed by atoms with van der Waals surface area (Å²) in [5.74, 6) is -1.45. The van der Waals surface area contributed by atoms with Crippen LogP contribution in [0.5, 0.6) is 5.75 Å². The molecule has 1 spiro atoms. The van der Waals surface area contributed by atoms with Crippen molar-refractivity contribution in [1.29, 1.82) is 0 Å². The number of para-hydroxylation sites is 1. The molecule has 2 N–H and O–H groups in total. The van der Waals surface area contributed by atoms with Crippen LogP contribution in [-0.4, -0.2) is 36.2 Å². The molecule has 0 saturated heterocycles. The zero-order valence-electron chi connectivity index (χ0n) is 28.5. The van der Waals surface area contributed by atoms with Crippen LogP contribution in [0.15, 0.2) is 101 Å². The first-order valence-electron chi connectivity index (χ1n) is 17.1. The third kappa shape index (κ3) is 5.42. The van der Waals surface area contributed by atoms with Crippen LogP contribution in [0.4, 0.5) is 5.69 Å². The number of aromatic nitrogens is 1. The van der Waals surface area contributed by atoms with E-state index in [1.807, 2.05) is 111 Å². The molecule has 4 bridgehead atoms. The summed E-state index contributed by atoms with van der Waals surface area (Å²) in [6.45, 7) is 3.97. The predicted octanol–water partition coefficient (Wildman–Crippen LogP) is 6.73. The fourth-order valence-corrected chi connectivity index (χ4v) is 7.58. The summed E-state index contributed by atoms with van der Waals surface area (Å²) in [5, 5.41) is 6.74. The zero-order chi connectivity index (χ0) is 35.3. The average Bonchev–Trinajstić information content (AvgIpc) is 3.82. The van der Waals surface area contributed by atoms with Gasteiger partial charge in [-0.15, -0.1) is 0 Å². The maximum atomic E-state index is 14.1. The van der Waals surface area contributed by atoms with Gasteiger partial charge in [-0.05, 0) is 35.1 Å². The van der Waals surface area contributed by atoms with Crippen molar-refractivity contribution in [1.82, 2.24) is 10.3 Å². The van der Waals surface area contributed by atoms with Gasteiger partial charge in [0.2, 0.25) is 11.8 Å². The van der Waals surface area contributed by atoms with E-state index in [0.717, 1.165) is 39.1 Å². The Morgan fingerprint density at radius 2 is 1.71 bits per heavy atom. The fraction of sp³-hybridized carbons (Fsp3) is 0.268. The van der Waals surface area contributed by atoms with Gasteiger partial charge in [0.25, 0.3) is 0 Å². The molecule has 4 heterocycles. The van der Waals surface area contributed by atoms with Crippen LogP contribution in [0, 0.1) is 11.8 Å². The van der Waals surface area contributed by atoms with Crippen LogP contribution >= 0.6 is 0 Å². The topological polar surface area (TPSA) is 129 Å². The highest BCUT2D eigenvalue weighted by molar-refractivity contribution is 5.92. The summed E-state index contributed by atoms with van der Waals surface area (Å²) in [6.07, 6.45) is -0.586. The third-order valence-corrected chi connectivity index (χ3v) is 10.1. The fourth-order valence-electron chi connectivity index (χ4n) is 7.58. The van der Waals surface area contributed by atoms with Crippen LogP contribution in [0.1, 0.15) is 70.7 Å². The van der Waals surface area contributed by atoms with Gasteiger partial charge in [-0.25, -0.2) is 9.78 Å². The van der Waals surface area contributed by atoms with Crippen LogP contribution in [0.3, 0.4) is 0 Å². The number of amides is 1. The minimum atomic E-state index is -1.16. The highest BCUT2D eigenvalue weighted by Gasteiger charge is 2.61. The summed E-state index contributed by atoms with van der Waals surface area (Å²) in [4.78, 5) is 45.7. The largest absolute Gasteiger partial charge is 0.469 e. The number of oxazole rings is 1. The minimum absolute atomic E-state index is 0.000645. The van der Waals surface area contributed by atoms with E-state index in [4.69, 9.17) is 23.6 Å². The summed E-state index contributed by atoms with van der Waals surface area (Å²) < 4.78 is 24.3. The van der Waals surface area contributed by atoms with Crippen molar-refractivity contribution in [3.8, 4) is 16.9 Å². The van der Waals surface area contributed by atoms with Crippen LogP contribution in [-0.2, 0) is 37.5 Å². The van der Waals surface area contributed by atoms with Crippen molar-refractivity contribution >= 4 is 23.5 Å². The number of benzene rings is 4. The number of nitrogens with zero attached hydrogens (tertiary/aromatic N) is 1. The molecule has 4 aromatic carbocycles. The van der Waals surface area contributed by atoms with Gasteiger partial charge in [0.1, 0.15) is 23.8 Å². The second kappa shape index (κ2) is 12.8. The van der Waals surface area contributed by atoms with Crippen molar-refractivity contribution in [2.45, 2.75) is 51.0 Å². The number of rotatable bonds is 7. The van der Waals surface area contributed by atoms with Crippen molar-refractivity contribution in [2.24, 2.45) is 11.8 Å². The first-order valence-corrected chi connectivity index (χ1v) is 17.1. The lowest BCUT2D eigenvalue weighted by Gasteiger charge is -2.28. The van der Waals surface area contributed by atoms with E-state index < -0.39 is 35.5 Å². The number of hydrogen-bond donors (Lipinski definition) is 2. The Morgan fingerprint density at radius 3 is 2.45 bits per heavy atom. The molecule has 10 heteroatoms. The Kier molecular flexibility index (Phi) is 8.09. The molecule has 51 heavy (non-hydrogen) atoms. The van der Waals surface area contributed by atoms with Gasteiger partial charge in [-0.3, -0.25) is 9.59 Å².